The molecule has 0 fully saturated rings. The van der Waals surface area contributed by atoms with Crippen molar-refractivity contribution in [2.75, 3.05) is 18.0 Å². The number of nitrogens with two attached hydrogens (primary N) is 1. The normalized spacial score (nSPS) is 10.8. The van der Waals surface area contributed by atoms with Crippen LogP contribution in [0.25, 0.3) is 0 Å². The highest BCUT2D eigenvalue weighted by atomic mass is 35.5. The van der Waals surface area contributed by atoms with Gasteiger partial charge in [0, 0.05) is 29.8 Å². The van der Waals surface area contributed by atoms with Crippen LogP contribution in [0.1, 0.15) is 19.4 Å². The van der Waals surface area contributed by atoms with Gasteiger partial charge in [0.15, 0.2) is 0 Å². The third-order valence-electron chi connectivity index (χ3n) is 2.47. The molecule has 0 unspecified atom stereocenters. The lowest BCUT2D eigenvalue weighted by Crippen LogP contribution is -2.35. The Morgan fingerprint density at radius 1 is 1.40 bits per heavy atom. The maximum absolute atomic E-state index is 6.01. The number of halogens is 1. The summed E-state index contributed by atoms with van der Waals surface area (Å²) in [4.78, 5) is 2.28. The van der Waals surface area contributed by atoms with E-state index >= 15 is 0 Å². The Morgan fingerprint density at radius 3 is 2.60 bits per heavy atom. The van der Waals surface area contributed by atoms with Gasteiger partial charge in [-0.1, -0.05) is 17.7 Å². The topological polar surface area (TPSA) is 29.3 Å². The Labute approximate surface area is 97.0 Å². The van der Waals surface area contributed by atoms with E-state index in [1.165, 1.54) is 11.3 Å². The van der Waals surface area contributed by atoms with Gasteiger partial charge in [0.05, 0.1) is 0 Å². The van der Waals surface area contributed by atoms with Crippen LogP contribution in [0.15, 0.2) is 18.2 Å². The van der Waals surface area contributed by atoms with Crippen LogP contribution in [0, 0.1) is 6.92 Å². The molecule has 84 valence electrons. The van der Waals surface area contributed by atoms with Gasteiger partial charge in [0.2, 0.25) is 0 Å². The van der Waals surface area contributed by atoms with Crippen LogP contribution in [-0.2, 0) is 0 Å². The van der Waals surface area contributed by atoms with Crippen LogP contribution in [0.4, 0.5) is 5.69 Å². The Balaban J connectivity index is 3.04. The van der Waals surface area contributed by atoms with Gasteiger partial charge < -0.3 is 10.6 Å². The minimum atomic E-state index is 0.436. The molecule has 1 aromatic rings. The van der Waals surface area contributed by atoms with E-state index in [9.17, 15) is 0 Å². The average molecular weight is 227 g/mol. The van der Waals surface area contributed by atoms with Gasteiger partial charge in [-0.15, -0.1) is 0 Å². The molecule has 2 nitrogen and oxygen atoms in total. The van der Waals surface area contributed by atoms with E-state index in [1.807, 2.05) is 18.2 Å². The van der Waals surface area contributed by atoms with Gasteiger partial charge in [0.25, 0.3) is 0 Å². The Hall–Kier alpha value is -0.730. The number of hydrogen-bond donors (Lipinski definition) is 1. The van der Waals surface area contributed by atoms with Crippen LogP contribution in [0.3, 0.4) is 0 Å². The monoisotopic (exact) mass is 226 g/mol. The summed E-state index contributed by atoms with van der Waals surface area (Å²) in [6, 6.07) is 6.41. The minimum Gasteiger partial charge on any atom is -0.368 e. The molecule has 0 atom stereocenters. The molecule has 0 aliphatic heterocycles. The summed E-state index contributed by atoms with van der Waals surface area (Å²) >= 11 is 6.01. The van der Waals surface area contributed by atoms with Crippen molar-refractivity contribution in [3.63, 3.8) is 0 Å². The fraction of sp³-hybridized carbons (Fsp3) is 0.500. The maximum Gasteiger partial charge on any atom is 0.0426 e. The molecule has 0 radical (unpaired) electrons. The molecule has 0 saturated carbocycles. The number of rotatable bonds is 4. The zero-order valence-corrected chi connectivity index (χ0v) is 10.4. The summed E-state index contributed by atoms with van der Waals surface area (Å²) in [7, 11) is 0. The van der Waals surface area contributed by atoms with Crippen molar-refractivity contribution in [1.82, 2.24) is 0 Å². The predicted molar refractivity (Wildman–Crippen MR) is 67.7 cm³/mol. The molecular weight excluding hydrogens is 208 g/mol. The molecule has 3 heteroatoms. The number of nitrogens with zero attached hydrogens (tertiary/aromatic N) is 1. The predicted octanol–water partition coefficient (Wildman–Crippen LogP) is 2.82. The van der Waals surface area contributed by atoms with Gasteiger partial charge in [-0.25, -0.2) is 0 Å². The molecule has 15 heavy (non-hydrogen) atoms. The number of benzene rings is 1. The number of anilines is 1. The molecule has 0 aromatic heterocycles. The van der Waals surface area contributed by atoms with Crippen molar-refractivity contribution < 1.29 is 0 Å². The first-order valence-corrected chi connectivity index (χ1v) is 5.67. The number of hydrogen-bond acceptors (Lipinski definition) is 2. The van der Waals surface area contributed by atoms with Crippen molar-refractivity contribution in [1.29, 1.82) is 0 Å². The molecule has 1 rings (SSSR count). The third kappa shape index (κ3) is 3.11. The average Bonchev–Trinajstić information content (AvgIpc) is 2.18. The van der Waals surface area contributed by atoms with E-state index in [0.717, 1.165) is 11.6 Å². The highest BCUT2D eigenvalue weighted by Crippen LogP contribution is 2.25. The lowest BCUT2D eigenvalue weighted by atomic mass is 10.1. The summed E-state index contributed by atoms with van der Waals surface area (Å²) < 4.78 is 0. The summed E-state index contributed by atoms with van der Waals surface area (Å²) in [5.74, 6) is 0. The molecule has 0 heterocycles. The van der Waals surface area contributed by atoms with Crippen molar-refractivity contribution in [2.24, 2.45) is 5.73 Å². The van der Waals surface area contributed by atoms with E-state index < -0.39 is 0 Å². The quantitative estimate of drug-likeness (QED) is 0.856. The maximum atomic E-state index is 6.01. The lowest BCUT2D eigenvalue weighted by Gasteiger charge is -2.30. The van der Waals surface area contributed by atoms with E-state index in [0.29, 0.717) is 12.6 Å². The van der Waals surface area contributed by atoms with Crippen molar-refractivity contribution in [3.05, 3.63) is 28.8 Å². The van der Waals surface area contributed by atoms with Gasteiger partial charge in [-0.2, -0.15) is 0 Å². The molecule has 0 bridgehead atoms. The largest absolute Gasteiger partial charge is 0.368 e. The first-order chi connectivity index (χ1) is 7.06. The molecular formula is C12H19ClN2. The number of aryl methyl sites for hydroxylation is 1. The molecule has 0 spiro atoms. The second-order valence-electron chi connectivity index (χ2n) is 4.01. The second-order valence-corrected chi connectivity index (χ2v) is 4.44. The van der Waals surface area contributed by atoms with E-state index in [4.69, 9.17) is 17.3 Å². The van der Waals surface area contributed by atoms with Crippen LogP contribution in [-0.4, -0.2) is 19.1 Å². The van der Waals surface area contributed by atoms with Crippen LogP contribution in [0.2, 0.25) is 5.02 Å². The van der Waals surface area contributed by atoms with Crippen LogP contribution in [0.5, 0.6) is 0 Å². The first-order valence-electron chi connectivity index (χ1n) is 5.29. The van der Waals surface area contributed by atoms with Gasteiger partial charge >= 0.3 is 0 Å². The van der Waals surface area contributed by atoms with Crippen molar-refractivity contribution >= 4 is 17.3 Å². The van der Waals surface area contributed by atoms with Gasteiger partial charge in [0.1, 0.15) is 0 Å². The lowest BCUT2D eigenvalue weighted by molar-refractivity contribution is 0.682. The summed E-state index contributed by atoms with van der Waals surface area (Å²) in [5.41, 5.74) is 8.04. The molecule has 0 saturated heterocycles. The fourth-order valence-electron chi connectivity index (χ4n) is 1.69. The van der Waals surface area contributed by atoms with E-state index in [1.54, 1.807) is 0 Å². The second kappa shape index (κ2) is 5.38. The minimum absolute atomic E-state index is 0.436. The summed E-state index contributed by atoms with van der Waals surface area (Å²) in [6.07, 6.45) is 0. The van der Waals surface area contributed by atoms with Crippen LogP contribution < -0.4 is 10.6 Å². The van der Waals surface area contributed by atoms with Gasteiger partial charge in [-0.3, -0.25) is 0 Å². The zero-order chi connectivity index (χ0) is 11.4. The summed E-state index contributed by atoms with van der Waals surface area (Å²) in [5, 5.41) is 0.776. The van der Waals surface area contributed by atoms with Crippen molar-refractivity contribution in [2.45, 2.75) is 26.8 Å². The van der Waals surface area contributed by atoms with E-state index in [2.05, 4.69) is 25.7 Å². The third-order valence-corrected chi connectivity index (χ3v) is 2.71. The Morgan fingerprint density at radius 2 is 2.07 bits per heavy atom. The van der Waals surface area contributed by atoms with E-state index in [-0.39, 0.29) is 0 Å². The summed E-state index contributed by atoms with van der Waals surface area (Å²) in [6.45, 7) is 7.94. The fourth-order valence-corrected chi connectivity index (χ4v) is 1.85. The zero-order valence-electron chi connectivity index (χ0n) is 9.63. The van der Waals surface area contributed by atoms with Gasteiger partial charge in [-0.05, 0) is 38.5 Å². The van der Waals surface area contributed by atoms with Crippen LogP contribution >= 0.6 is 11.6 Å². The van der Waals surface area contributed by atoms with Crippen molar-refractivity contribution in [3.8, 4) is 0 Å². The highest BCUT2D eigenvalue weighted by molar-refractivity contribution is 6.30. The highest BCUT2D eigenvalue weighted by Gasteiger charge is 2.12. The SMILES string of the molecule is Cc1ccc(Cl)cc1N(CCN)C(C)C. The molecule has 0 amide bonds. The molecule has 2 N–H and O–H groups in total. The molecule has 0 aliphatic carbocycles. The first kappa shape index (κ1) is 12.3. The standard InChI is InChI=1S/C12H19ClN2/c1-9(2)15(7-6-14)12-8-11(13)5-4-10(12)3/h4-5,8-9H,6-7,14H2,1-3H3. The molecule has 0 aliphatic rings. The smallest absolute Gasteiger partial charge is 0.0426 e. The Kier molecular flexibility index (Phi) is 4.43. The Bertz CT molecular complexity index is 323. The molecule has 1 aromatic carbocycles.